The SMILES string of the molecule is COc1c(C(CN)C(=O)O)ccc(Br)c1F. The van der Waals surface area contributed by atoms with Crippen molar-refractivity contribution in [2.24, 2.45) is 5.73 Å². The predicted octanol–water partition coefficient (Wildman–Crippen LogP) is 1.72. The Morgan fingerprint density at radius 2 is 2.31 bits per heavy atom. The lowest BCUT2D eigenvalue weighted by atomic mass is 9.98. The predicted molar refractivity (Wildman–Crippen MR) is 60.1 cm³/mol. The molecule has 0 aromatic heterocycles. The molecule has 88 valence electrons. The van der Waals surface area contributed by atoms with Gasteiger partial charge in [0.25, 0.3) is 0 Å². The molecule has 4 nitrogen and oxygen atoms in total. The fourth-order valence-corrected chi connectivity index (χ4v) is 1.70. The highest BCUT2D eigenvalue weighted by molar-refractivity contribution is 9.10. The largest absolute Gasteiger partial charge is 0.493 e. The van der Waals surface area contributed by atoms with Crippen LogP contribution in [0.2, 0.25) is 0 Å². The first-order chi connectivity index (χ1) is 7.52. The normalized spacial score (nSPS) is 12.2. The van der Waals surface area contributed by atoms with E-state index in [0.29, 0.717) is 0 Å². The van der Waals surface area contributed by atoms with Gasteiger partial charge in [-0.1, -0.05) is 6.07 Å². The first-order valence-electron chi connectivity index (χ1n) is 4.47. The zero-order valence-corrected chi connectivity index (χ0v) is 10.1. The van der Waals surface area contributed by atoms with Gasteiger partial charge in [-0.25, -0.2) is 4.39 Å². The van der Waals surface area contributed by atoms with E-state index in [1.807, 2.05) is 0 Å². The third-order valence-corrected chi connectivity index (χ3v) is 2.81. The fourth-order valence-electron chi connectivity index (χ4n) is 1.39. The van der Waals surface area contributed by atoms with Crippen LogP contribution in [0.5, 0.6) is 5.75 Å². The van der Waals surface area contributed by atoms with Crippen molar-refractivity contribution >= 4 is 21.9 Å². The highest BCUT2D eigenvalue weighted by atomic mass is 79.9. The quantitative estimate of drug-likeness (QED) is 0.886. The Morgan fingerprint density at radius 3 is 2.75 bits per heavy atom. The smallest absolute Gasteiger partial charge is 0.312 e. The molecule has 0 spiro atoms. The van der Waals surface area contributed by atoms with Gasteiger partial charge in [0, 0.05) is 12.1 Å². The molecule has 0 radical (unpaired) electrons. The van der Waals surface area contributed by atoms with Gasteiger partial charge in [-0.2, -0.15) is 0 Å². The molecule has 1 rings (SSSR count). The number of hydrogen-bond donors (Lipinski definition) is 2. The van der Waals surface area contributed by atoms with E-state index in [1.165, 1.54) is 19.2 Å². The summed E-state index contributed by atoms with van der Waals surface area (Å²) in [4.78, 5) is 10.9. The second-order valence-electron chi connectivity index (χ2n) is 3.11. The van der Waals surface area contributed by atoms with Gasteiger partial charge < -0.3 is 15.6 Å². The molecule has 1 aromatic carbocycles. The van der Waals surface area contributed by atoms with Crippen LogP contribution in [-0.2, 0) is 4.79 Å². The van der Waals surface area contributed by atoms with Crippen molar-refractivity contribution in [1.29, 1.82) is 0 Å². The van der Waals surface area contributed by atoms with E-state index in [0.717, 1.165) is 0 Å². The van der Waals surface area contributed by atoms with Crippen LogP contribution in [0.25, 0.3) is 0 Å². The lowest BCUT2D eigenvalue weighted by molar-refractivity contribution is -0.138. The summed E-state index contributed by atoms with van der Waals surface area (Å²) in [5.41, 5.74) is 5.58. The summed E-state index contributed by atoms with van der Waals surface area (Å²) in [5.74, 6) is -2.80. The highest BCUT2D eigenvalue weighted by Crippen LogP contribution is 2.33. The molecule has 3 N–H and O–H groups in total. The number of nitrogens with two attached hydrogens (primary N) is 1. The van der Waals surface area contributed by atoms with Crippen LogP contribution in [0.4, 0.5) is 4.39 Å². The Balaban J connectivity index is 3.32. The second-order valence-corrected chi connectivity index (χ2v) is 3.96. The molecule has 1 unspecified atom stereocenters. The van der Waals surface area contributed by atoms with Crippen molar-refractivity contribution in [3.05, 3.63) is 28.0 Å². The van der Waals surface area contributed by atoms with E-state index < -0.39 is 17.7 Å². The first-order valence-corrected chi connectivity index (χ1v) is 5.27. The molecule has 0 heterocycles. The van der Waals surface area contributed by atoms with Crippen molar-refractivity contribution in [2.75, 3.05) is 13.7 Å². The van der Waals surface area contributed by atoms with Crippen LogP contribution in [-0.4, -0.2) is 24.7 Å². The summed E-state index contributed by atoms with van der Waals surface area (Å²) >= 11 is 3.00. The Labute approximate surface area is 100 Å². The molecule has 0 saturated carbocycles. The van der Waals surface area contributed by atoms with Crippen LogP contribution in [0.3, 0.4) is 0 Å². The molecule has 0 amide bonds. The molecular formula is C10H11BrFNO3. The Kier molecular flexibility index (Phi) is 4.26. The van der Waals surface area contributed by atoms with Gasteiger partial charge in [-0.05, 0) is 22.0 Å². The van der Waals surface area contributed by atoms with Crippen LogP contribution in [0.1, 0.15) is 11.5 Å². The number of carbonyl (C=O) groups is 1. The van der Waals surface area contributed by atoms with Gasteiger partial charge in [-0.3, -0.25) is 4.79 Å². The Morgan fingerprint density at radius 1 is 1.69 bits per heavy atom. The molecule has 1 atom stereocenters. The summed E-state index contributed by atoms with van der Waals surface area (Å²) in [7, 11) is 1.28. The van der Waals surface area contributed by atoms with Gasteiger partial charge in [0.15, 0.2) is 11.6 Å². The molecule has 0 aliphatic carbocycles. The van der Waals surface area contributed by atoms with Crippen LogP contribution < -0.4 is 10.5 Å². The van der Waals surface area contributed by atoms with Gasteiger partial charge in [0.1, 0.15) is 0 Å². The zero-order chi connectivity index (χ0) is 12.3. The van der Waals surface area contributed by atoms with Crippen molar-refractivity contribution in [3.63, 3.8) is 0 Å². The van der Waals surface area contributed by atoms with E-state index in [9.17, 15) is 9.18 Å². The first kappa shape index (κ1) is 12.9. The average molecular weight is 292 g/mol. The fraction of sp³-hybridized carbons (Fsp3) is 0.300. The molecule has 0 fully saturated rings. The van der Waals surface area contributed by atoms with Crippen molar-refractivity contribution in [2.45, 2.75) is 5.92 Å². The van der Waals surface area contributed by atoms with Gasteiger partial charge >= 0.3 is 5.97 Å². The van der Waals surface area contributed by atoms with Gasteiger partial charge in [0.2, 0.25) is 0 Å². The number of carboxylic acid groups (broad SMARTS) is 1. The summed E-state index contributed by atoms with van der Waals surface area (Å²) in [5, 5.41) is 8.94. The minimum atomic E-state index is -1.11. The van der Waals surface area contributed by atoms with Crippen molar-refractivity contribution in [1.82, 2.24) is 0 Å². The molecular weight excluding hydrogens is 281 g/mol. The number of carboxylic acids is 1. The van der Waals surface area contributed by atoms with E-state index in [-0.39, 0.29) is 22.3 Å². The number of hydrogen-bond acceptors (Lipinski definition) is 3. The monoisotopic (exact) mass is 291 g/mol. The number of aliphatic carboxylic acids is 1. The number of methoxy groups -OCH3 is 1. The van der Waals surface area contributed by atoms with Gasteiger partial charge in [0.05, 0.1) is 17.5 Å². The minimum absolute atomic E-state index is 0.0905. The van der Waals surface area contributed by atoms with Crippen LogP contribution in [0, 0.1) is 5.82 Å². The number of benzene rings is 1. The second kappa shape index (κ2) is 5.27. The Bertz CT molecular complexity index is 411. The molecule has 16 heavy (non-hydrogen) atoms. The van der Waals surface area contributed by atoms with E-state index in [1.54, 1.807) is 0 Å². The van der Waals surface area contributed by atoms with E-state index in [2.05, 4.69) is 15.9 Å². The average Bonchev–Trinajstić information content (AvgIpc) is 2.24. The summed E-state index contributed by atoms with van der Waals surface area (Å²) in [6.07, 6.45) is 0. The van der Waals surface area contributed by atoms with Crippen molar-refractivity contribution in [3.8, 4) is 5.75 Å². The van der Waals surface area contributed by atoms with Gasteiger partial charge in [-0.15, -0.1) is 0 Å². The minimum Gasteiger partial charge on any atom is -0.493 e. The maximum atomic E-state index is 13.6. The zero-order valence-electron chi connectivity index (χ0n) is 8.54. The van der Waals surface area contributed by atoms with E-state index in [4.69, 9.17) is 15.6 Å². The summed E-state index contributed by atoms with van der Waals surface area (Å²) in [6, 6.07) is 2.91. The molecule has 0 aliphatic rings. The van der Waals surface area contributed by atoms with Crippen LogP contribution in [0.15, 0.2) is 16.6 Å². The van der Waals surface area contributed by atoms with Crippen LogP contribution >= 0.6 is 15.9 Å². The molecule has 1 aromatic rings. The summed E-state index contributed by atoms with van der Waals surface area (Å²) in [6.45, 7) is -0.118. The topological polar surface area (TPSA) is 72.5 Å². The molecule has 0 saturated heterocycles. The maximum Gasteiger partial charge on any atom is 0.312 e. The highest BCUT2D eigenvalue weighted by Gasteiger charge is 2.24. The van der Waals surface area contributed by atoms with E-state index >= 15 is 0 Å². The third kappa shape index (κ3) is 2.33. The number of rotatable bonds is 4. The maximum absolute atomic E-state index is 13.6. The third-order valence-electron chi connectivity index (χ3n) is 2.19. The Hall–Kier alpha value is -1.14. The van der Waals surface area contributed by atoms with Crippen molar-refractivity contribution < 1.29 is 19.0 Å². The number of halogens is 2. The lowest BCUT2D eigenvalue weighted by Crippen LogP contribution is -2.22. The summed E-state index contributed by atoms with van der Waals surface area (Å²) < 4.78 is 18.7. The number of ether oxygens (including phenoxy) is 1. The standard InChI is InChI=1S/C10H11BrFNO3/c1-16-9-5(6(4-13)10(14)15)2-3-7(11)8(9)12/h2-3,6H,4,13H2,1H3,(H,14,15). The molecule has 0 aliphatic heterocycles. The molecule has 6 heteroatoms. The lowest BCUT2D eigenvalue weighted by Gasteiger charge is -2.15. The molecule has 0 bridgehead atoms.